The second-order valence-corrected chi connectivity index (χ2v) is 4.83. The summed E-state index contributed by atoms with van der Waals surface area (Å²) in [5.74, 6) is 2.28. The van der Waals surface area contributed by atoms with Crippen LogP contribution in [0.5, 0.6) is 17.2 Å². The van der Waals surface area contributed by atoms with Crippen LogP contribution in [0.25, 0.3) is 0 Å². The molecule has 1 aliphatic rings. The van der Waals surface area contributed by atoms with E-state index in [4.69, 9.17) is 14.2 Å². The first kappa shape index (κ1) is 14.0. The van der Waals surface area contributed by atoms with Crippen LogP contribution in [-0.2, 0) is 0 Å². The van der Waals surface area contributed by atoms with Crippen molar-refractivity contribution in [2.24, 2.45) is 0 Å². The molecule has 0 spiro atoms. The molecule has 0 radical (unpaired) electrons. The maximum absolute atomic E-state index is 5.73. The molecule has 0 aliphatic heterocycles. The smallest absolute Gasteiger partial charge is 0.126 e. The van der Waals surface area contributed by atoms with Gasteiger partial charge in [-0.05, 0) is 12.8 Å². The van der Waals surface area contributed by atoms with E-state index in [0.717, 1.165) is 23.8 Å². The van der Waals surface area contributed by atoms with Crippen molar-refractivity contribution in [2.75, 3.05) is 27.4 Å². The van der Waals surface area contributed by atoms with Gasteiger partial charge in [0.25, 0.3) is 0 Å². The van der Waals surface area contributed by atoms with Crippen LogP contribution in [0.15, 0.2) is 18.2 Å². The van der Waals surface area contributed by atoms with Gasteiger partial charge in [0.2, 0.25) is 0 Å². The van der Waals surface area contributed by atoms with Crippen molar-refractivity contribution in [3.05, 3.63) is 18.2 Å². The van der Waals surface area contributed by atoms with Crippen LogP contribution < -0.4 is 19.5 Å². The fourth-order valence-corrected chi connectivity index (χ4v) is 2.43. The lowest BCUT2D eigenvalue weighted by Crippen LogP contribution is -2.30. The summed E-state index contributed by atoms with van der Waals surface area (Å²) in [7, 11) is 3.28. The summed E-state index contributed by atoms with van der Waals surface area (Å²) in [6.07, 6.45) is 5.30. The van der Waals surface area contributed by atoms with Crippen molar-refractivity contribution in [1.29, 1.82) is 0 Å². The minimum atomic E-state index is 0.660. The molecule has 19 heavy (non-hydrogen) atoms. The van der Waals surface area contributed by atoms with Gasteiger partial charge in [-0.2, -0.15) is 0 Å². The molecule has 1 saturated carbocycles. The van der Waals surface area contributed by atoms with Gasteiger partial charge in [0.15, 0.2) is 0 Å². The Bertz CT molecular complexity index is 367. The molecule has 0 amide bonds. The molecule has 0 bridgehead atoms. The Hall–Kier alpha value is -1.42. The molecule has 106 valence electrons. The van der Waals surface area contributed by atoms with Crippen LogP contribution in [0.1, 0.15) is 25.7 Å². The lowest BCUT2D eigenvalue weighted by molar-refractivity contribution is 0.300. The van der Waals surface area contributed by atoms with Gasteiger partial charge in [-0.15, -0.1) is 0 Å². The number of hydrogen-bond donors (Lipinski definition) is 1. The predicted molar refractivity (Wildman–Crippen MR) is 75.3 cm³/mol. The number of hydrogen-bond acceptors (Lipinski definition) is 4. The van der Waals surface area contributed by atoms with Gasteiger partial charge in [-0.3, -0.25) is 0 Å². The highest BCUT2D eigenvalue weighted by Crippen LogP contribution is 2.27. The topological polar surface area (TPSA) is 39.7 Å². The number of methoxy groups -OCH3 is 2. The summed E-state index contributed by atoms with van der Waals surface area (Å²) in [5.41, 5.74) is 0. The van der Waals surface area contributed by atoms with Crippen LogP contribution in [0.2, 0.25) is 0 Å². The number of ether oxygens (including phenoxy) is 3. The standard InChI is InChI=1S/C15H23NO3/c1-17-13-9-14(18-2)11-15(10-13)19-8-7-16-12-5-3-4-6-12/h9-12,16H,3-8H2,1-2H3. The zero-order valence-electron chi connectivity index (χ0n) is 11.8. The number of nitrogens with one attached hydrogen (secondary N) is 1. The molecule has 2 rings (SSSR count). The Morgan fingerprint density at radius 2 is 1.58 bits per heavy atom. The first-order valence-electron chi connectivity index (χ1n) is 6.91. The quantitative estimate of drug-likeness (QED) is 0.769. The highest BCUT2D eigenvalue weighted by atomic mass is 16.5. The third-order valence-electron chi connectivity index (χ3n) is 3.48. The van der Waals surface area contributed by atoms with E-state index in [1.165, 1.54) is 25.7 Å². The highest BCUT2D eigenvalue weighted by molar-refractivity contribution is 5.41. The predicted octanol–water partition coefficient (Wildman–Crippen LogP) is 2.61. The van der Waals surface area contributed by atoms with Gasteiger partial charge >= 0.3 is 0 Å². The SMILES string of the molecule is COc1cc(OC)cc(OCCNC2CCCC2)c1. The van der Waals surface area contributed by atoms with Gasteiger partial charge in [-0.25, -0.2) is 0 Å². The molecule has 1 aromatic rings. The lowest BCUT2D eigenvalue weighted by atomic mass is 10.2. The minimum absolute atomic E-state index is 0.660. The lowest BCUT2D eigenvalue weighted by Gasteiger charge is -2.13. The molecule has 0 atom stereocenters. The van der Waals surface area contributed by atoms with Crippen LogP contribution >= 0.6 is 0 Å². The summed E-state index contributed by atoms with van der Waals surface area (Å²) in [6, 6.07) is 6.27. The molecular formula is C15H23NO3. The van der Waals surface area contributed by atoms with Crippen molar-refractivity contribution in [1.82, 2.24) is 5.32 Å². The highest BCUT2D eigenvalue weighted by Gasteiger charge is 2.13. The maximum Gasteiger partial charge on any atom is 0.126 e. The average Bonchev–Trinajstić information content (AvgIpc) is 2.96. The summed E-state index contributed by atoms with van der Waals surface area (Å²) in [4.78, 5) is 0. The van der Waals surface area contributed by atoms with E-state index in [2.05, 4.69) is 5.32 Å². The van der Waals surface area contributed by atoms with Crippen molar-refractivity contribution in [2.45, 2.75) is 31.7 Å². The number of rotatable bonds is 7. The van der Waals surface area contributed by atoms with Gasteiger partial charge in [-0.1, -0.05) is 12.8 Å². The first-order valence-corrected chi connectivity index (χ1v) is 6.91. The van der Waals surface area contributed by atoms with Crippen molar-refractivity contribution >= 4 is 0 Å². The molecular weight excluding hydrogens is 242 g/mol. The van der Waals surface area contributed by atoms with Gasteiger partial charge < -0.3 is 19.5 Å². The van der Waals surface area contributed by atoms with Crippen LogP contribution in [-0.4, -0.2) is 33.4 Å². The van der Waals surface area contributed by atoms with E-state index >= 15 is 0 Å². The van der Waals surface area contributed by atoms with E-state index in [0.29, 0.717) is 12.6 Å². The third-order valence-corrected chi connectivity index (χ3v) is 3.48. The summed E-state index contributed by atoms with van der Waals surface area (Å²) in [5, 5.41) is 3.52. The molecule has 0 unspecified atom stereocenters. The normalized spacial score (nSPS) is 15.5. The molecule has 0 heterocycles. The van der Waals surface area contributed by atoms with E-state index in [1.807, 2.05) is 18.2 Å². The van der Waals surface area contributed by atoms with Crippen LogP contribution in [0.4, 0.5) is 0 Å². The molecule has 0 saturated heterocycles. The first-order chi connectivity index (χ1) is 9.31. The molecule has 1 fully saturated rings. The molecule has 1 aliphatic carbocycles. The Balaban J connectivity index is 1.77. The van der Waals surface area contributed by atoms with Gasteiger partial charge in [0.1, 0.15) is 23.9 Å². The van der Waals surface area contributed by atoms with E-state index in [-0.39, 0.29) is 0 Å². The average molecular weight is 265 g/mol. The monoisotopic (exact) mass is 265 g/mol. The zero-order valence-corrected chi connectivity index (χ0v) is 11.8. The molecule has 1 aromatic carbocycles. The second kappa shape index (κ2) is 7.24. The van der Waals surface area contributed by atoms with Crippen LogP contribution in [0, 0.1) is 0 Å². The third kappa shape index (κ3) is 4.31. The van der Waals surface area contributed by atoms with Crippen molar-refractivity contribution in [3.8, 4) is 17.2 Å². The second-order valence-electron chi connectivity index (χ2n) is 4.83. The molecule has 1 N–H and O–H groups in total. The summed E-state index contributed by atoms with van der Waals surface area (Å²) < 4.78 is 16.1. The Morgan fingerprint density at radius 1 is 1.00 bits per heavy atom. The zero-order chi connectivity index (χ0) is 13.5. The van der Waals surface area contributed by atoms with Crippen molar-refractivity contribution in [3.63, 3.8) is 0 Å². The van der Waals surface area contributed by atoms with Gasteiger partial charge in [0, 0.05) is 30.8 Å². The van der Waals surface area contributed by atoms with E-state index in [1.54, 1.807) is 14.2 Å². The molecule has 4 heteroatoms. The fourth-order valence-electron chi connectivity index (χ4n) is 2.43. The molecule has 4 nitrogen and oxygen atoms in total. The summed E-state index contributed by atoms with van der Waals surface area (Å²) >= 11 is 0. The minimum Gasteiger partial charge on any atom is -0.496 e. The Labute approximate surface area is 115 Å². The fraction of sp³-hybridized carbons (Fsp3) is 0.600. The Morgan fingerprint density at radius 3 is 2.16 bits per heavy atom. The molecule has 0 aromatic heterocycles. The largest absolute Gasteiger partial charge is 0.496 e. The van der Waals surface area contributed by atoms with Gasteiger partial charge in [0.05, 0.1) is 14.2 Å². The summed E-state index contributed by atoms with van der Waals surface area (Å²) in [6.45, 7) is 1.54. The van der Waals surface area contributed by atoms with Crippen LogP contribution in [0.3, 0.4) is 0 Å². The number of benzene rings is 1. The van der Waals surface area contributed by atoms with E-state index < -0.39 is 0 Å². The van der Waals surface area contributed by atoms with E-state index in [9.17, 15) is 0 Å². The maximum atomic E-state index is 5.73. The van der Waals surface area contributed by atoms with Crippen molar-refractivity contribution < 1.29 is 14.2 Å². The Kier molecular flexibility index (Phi) is 5.33.